The summed E-state index contributed by atoms with van der Waals surface area (Å²) in [5.41, 5.74) is 3.05. The number of aromatic nitrogens is 2. The van der Waals surface area contributed by atoms with Crippen molar-refractivity contribution >= 4 is 40.1 Å². The summed E-state index contributed by atoms with van der Waals surface area (Å²) >= 11 is 6.19. The topological polar surface area (TPSA) is 91.0 Å². The highest BCUT2D eigenvalue weighted by molar-refractivity contribution is 6.31. The molecular formula is C25H24ClN5O2. The predicted octanol–water partition coefficient (Wildman–Crippen LogP) is 4.08. The number of hydrogen-bond donors (Lipinski definition) is 1. The average Bonchev–Trinajstić information content (AvgIpc) is 3.21. The fraction of sp³-hybridized carbons (Fsp3) is 0.360. The summed E-state index contributed by atoms with van der Waals surface area (Å²) in [7, 11) is 0. The summed E-state index contributed by atoms with van der Waals surface area (Å²) in [4.78, 5) is 31.9. The van der Waals surface area contributed by atoms with Crippen LogP contribution in [0.3, 0.4) is 0 Å². The maximum absolute atomic E-state index is 13.8. The van der Waals surface area contributed by atoms with E-state index in [2.05, 4.69) is 16.0 Å². The Morgan fingerprint density at radius 3 is 2.85 bits per heavy atom. The lowest BCUT2D eigenvalue weighted by atomic mass is 9.62. The normalized spacial score (nSPS) is 21.2. The smallest absolute Gasteiger partial charge is 0.238 e. The zero-order valence-electron chi connectivity index (χ0n) is 18.3. The molecule has 0 saturated heterocycles. The molecule has 1 N–H and O–H groups in total. The van der Waals surface area contributed by atoms with Gasteiger partial charge in [-0.3, -0.25) is 9.59 Å². The van der Waals surface area contributed by atoms with Crippen molar-refractivity contribution in [2.75, 3.05) is 4.90 Å². The van der Waals surface area contributed by atoms with Gasteiger partial charge in [0.1, 0.15) is 5.82 Å². The van der Waals surface area contributed by atoms with Crippen LogP contribution in [0.25, 0.3) is 11.0 Å². The Morgan fingerprint density at radius 2 is 2.09 bits per heavy atom. The third-order valence-corrected chi connectivity index (χ3v) is 6.96. The minimum absolute atomic E-state index is 0.0113. The van der Waals surface area contributed by atoms with Crippen molar-refractivity contribution in [2.45, 2.75) is 57.2 Å². The Balaban J connectivity index is 1.49. The first-order valence-electron chi connectivity index (χ1n) is 11.1. The number of rotatable bonds is 6. The first kappa shape index (κ1) is 21.5. The first-order chi connectivity index (χ1) is 15.9. The third kappa shape index (κ3) is 3.55. The van der Waals surface area contributed by atoms with Crippen LogP contribution >= 0.6 is 11.6 Å². The minimum Gasteiger partial charge on any atom is -0.354 e. The number of fused-ring (bicyclic) bond motifs is 3. The van der Waals surface area contributed by atoms with E-state index in [0.717, 1.165) is 28.1 Å². The number of nitrogens with one attached hydrogen (secondary N) is 1. The molecule has 1 saturated carbocycles. The molecule has 1 aliphatic heterocycles. The molecule has 0 bridgehead atoms. The third-order valence-electron chi connectivity index (χ3n) is 6.72. The summed E-state index contributed by atoms with van der Waals surface area (Å²) < 4.78 is 2.09. The van der Waals surface area contributed by atoms with Crippen LogP contribution < -0.4 is 10.2 Å². The van der Waals surface area contributed by atoms with E-state index >= 15 is 0 Å². The zero-order valence-corrected chi connectivity index (χ0v) is 19.1. The molecule has 1 aromatic heterocycles. The number of anilines is 1. The molecule has 2 heterocycles. The van der Waals surface area contributed by atoms with Crippen molar-refractivity contribution in [3.63, 3.8) is 0 Å². The van der Waals surface area contributed by atoms with Crippen molar-refractivity contribution in [2.24, 2.45) is 0 Å². The number of para-hydroxylation sites is 1. The number of halogens is 1. The molecule has 33 heavy (non-hydrogen) atoms. The van der Waals surface area contributed by atoms with E-state index < -0.39 is 5.41 Å². The molecule has 1 fully saturated rings. The number of amides is 2. The number of hydrogen-bond acceptors (Lipinski definition) is 4. The van der Waals surface area contributed by atoms with Gasteiger partial charge in [0.15, 0.2) is 0 Å². The van der Waals surface area contributed by atoms with Crippen LogP contribution in [0.4, 0.5) is 5.69 Å². The van der Waals surface area contributed by atoms with Crippen molar-refractivity contribution in [1.29, 1.82) is 5.26 Å². The van der Waals surface area contributed by atoms with Gasteiger partial charge in [0.25, 0.3) is 0 Å². The highest BCUT2D eigenvalue weighted by Gasteiger charge is 2.58. The first-order valence-corrected chi connectivity index (χ1v) is 11.5. The fourth-order valence-electron chi connectivity index (χ4n) is 5.30. The van der Waals surface area contributed by atoms with E-state index in [1.54, 1.807) is 0 Å². The number of aryl methyl sites for hydroxylation is 1. The van der Waals surface area contributed by atoms with Gasteiger partial charge in [-0.15, -0.1) is 0 Å². The fourth-order valence-corrected chi connectivity index (χ4v) is 5.47. The highest BCUT2D eigenvalue weighted by Crippen LogP contribution is 2.53. The molecular weight excluding hydrogens is 438 g/mol. The van der Waals surface area contributed by atoms with Gasteiger partial charge < -0.3 is 14.8 Å². The van der Waals surface area contributed by atoms with Gasteiger partial charge in [-0.25, -0.2) is 4.98 Å². The maximum atomic E-state index is 13.8. The lowest BCUT2D eigenvalue weighted by molar-refractivity contribution is -0.129. The van der Waals surface area contributed by atoms with Crippen LogP contribution in [0, 0.1) is 11.3 Å². The van der Waals surface area contributed by atoms with Crippen molar-refractivity contribution in [3.8, 4) is 6.07 Å². The van der Waals surface area contributed by atoms with Crippen LogP contribution in [0.1, 0.15) is 44.0 Å². The van der Waals surface area contributed by atoms with Gasteiger partial charge in [-0.05, 0) is 49.1 Å². The van der Waals surface area contributed by atoms with Gasteiger partial charge in [0.05, 0.1) is 29.1 Å². The second kappa shape index (κ2) is 8.20. The summed E-state index contributed by atoms with van der Waals surface area (Å²) in [6.45, 7) is 2.48. The van der Waals surface area contributed by atoms with E-state index in [1.807, 2.05) is 47.4 Å². The Morgan fingerprint density at radius 1 is 1.30 bits per heavy atom. The van der Waals surface area contributed by atoms with E-state index in [0.29, 0.717) is 43.8 Å². The van der Waals surface area contributed by atoms with Crippen molar-refractivity contribution < 1.29 is 9.59 Å². The maximum Gasteiger partial charge on any atom is 0.238 e. The molecule has 0 unspecified atom stereocenters. The largest absolute Gasteiger partial charge is 0.354 e. The standard InChI is InChI=1S/C25H24ClN5O2/c1-16(32)28-18-13-25(14-18)19-6-2-3-7-21(19)31(24(25)33)15-23-29-20-12-17(26)8-9-22(20)30(23)11-5-4-10-27/h2-3,6-9,12,18H,4-5,11,13-15H2,1H3,(H,28,32)/t18-,25-. The SMILES string of the molecule is CC(=O)N[C@H]1C[C@@]2(C1)C(=O)N(Cc1nc3cc(Cl)ccc3n1CCCC#N)c1ccccc12. The molecule has 168 valence electrons. The second-order valence-electron chi connectivity index (χ2n) is 8.87. The summed E-state index contributed by atoms with van der Waals surface area (Å²) in [6, 6.07) is 15.7. The molecule has 2 amide bonds. The van der Waals surface area contributed by atoms with Crippen LogP contribution in [0.5, 0.6) is 0 Å². The molecule has 2 aromatic carbocycles. The van der Waals surface area contributed by atoms with E-state index in [1.165, 1.54) is 6.92 Å². The van der Waals surface area contributed by atoms with Crippen LogP contribution in [0.15, 0.2) is 42.5 Å². The van der Waals surface area contributed by atoms with Gasteiger partial charge >= 0.3 is 0 Å². The molecule has 8 heteroatoms. The number of unbranched alkanes of at least 4 members (excludes halogenated alkanes) is 1. The zero-order chi connectivity index (χ0) is 23.2. The summed E-state index contributed by atoms with van der Waals surface area (Å²) in [5.74, 6) is 0.747. The molecule has 2 aliphatic rings. The Hall–Kier alpha value is -3.37. The van der Waals surface area contributed by atoms with Crippen molar-refractivity contribution in [3.05, 3.63) is 58.9 Å². The number of benzene rings is 2. The van der Waals surface area contributed by atoms with Gasteiger partial charge in [0.2, 0.25) is 11.8 Å². The molecule has 1 aliphatic carbocycles. The molecule has 5 rings (SSSR count). The van der Waals surface area contributed by atoms with Gasteiger partial charge in [-0.1, -0.05) is 29.8 Å². The Labute approximate surface area is 197 Å². The molecule has 0 radical (unpaired) electrons. The monoisotopic (exact) mass is 461 g/mol. The quantitative estimate of drug-likeness (QED) is 0.560. The number of carbonyl (C=O) groups is 2. The van der Waals surface area contributed by atoms with Gasteiger partial charge in [0, 0.05) is 36.6 Å². The van der Waals surface area contributed by atoms with E-state index in [4.69, 9.17) is 21.8 Å². The van der Waals surface area contributed by atoms with Crippen LogP contribution in [-0.4, -0.2) is 27.4 Å². The molecule has 3 aromatic rings. The number of nitriles is 1. The van der Waals surface area contributed by atoms with Crippen LogP contribution in [-0.2, 0) is 28.1 Å². The highest BCUT2D eigenvalue weighted by atomic mass is 35.5. The Bertz CT molecular complexity index is 1300. The lowest BCUT2D eigenvalue weighted by Crippen LogP contribution is -2.57. The predicted molar refractivity (Wildman–Crippen MR) is 126 cm³/mol. The summed E-state index contributed by atoms with van der Waals surface area (Å²) in [6.07, 6.45) is 2.36. The molecule has 1 spiro atoms. The number of nitrogens with zero attached hydrogens (tertiary/aromatic N) is 4. The average molecular weight is 462 g/mol. The lowest BCUT2D eigenvalue weighted by Gasteiger charge is -2.44. The number of carbonyl (C=O) groups excluding carboxylic acids is 2. The number of imidazole rings is 1. The molecule has 7 nitrogen and oxygen atoms in total. The van der Waals surface area contributed by atoms with Crippen LogP contribution in [0.2, 0.25) is 5.02 Å². The Kier molecular flexibility index (Phi) is 5.34. The molecule has 0 atom stereocenters. The summed E-state index contributed by atoms with van der Waals surface area (Å²) in [5, 5.41) is 12.5. The minimum atomic E-state index is -0.593. The van der Waals surface area contributed by atoms with Gasteiger partial charge in [-0.2, -0.15) is 5.26 Å². The van der Waals surface area contributed by atoms with E-state index in [-0.39, 0.29) is 17.9 Å². The second-order valence-corrected chi connectivity index (χ2v) is 9.31. The van der Waals surface area contributed by atoms with E-state index in [9.17, 15) is 9.59 Å². The van der Waals surface area contributed by atoms with Crippen molar-refractivity contribution in [1.82, 2.24) is 14.9 Å².